The number of halogens is 1. The third-order valence-electron chi connectivity index (χ3n) is 7.91. The van der Waals surface area contributed by atoms with Crippen molar-refractivity contribution in [2.45, 2.75) is 84.8 Å². The Kier molecular flexibility index (Phi) is 14.0. The maximum absolute atomic E-state index is 10.8. The fourth-order valence-electron chi connectivity index (χ4n) is 6.50. The van der Waals surface area contributed by atoms with E-state index in [1.54, 1.807) is 0 Å². The van der Waals surface area contributed by atoms with Crippen LogP contribution in [0.3, 0.4) is 0 Å². The molecule has 0 spiro atoms. The Labute approximate surface area is 220 Å². The van der Waals surface area contributed by atoms with Crippen molar-refractivity contribution in [1.82, 2.24) is 0 Å². The summed E-state index contributed by atoms with van der Waals surface area (Å²) in [7, 11) is 8.47. The molecule has 0 heterocycles. The molecule has 0 radical (unpaired) electrons. The lowest BCUT2D eigenvalue weighted by Gasteiger charge is -2.57. The van der Waals surface area contributed by atoms with Crippen LogP contribution in [0.15, 0.2) is 0 Å². The second-order valence-corrected chi connectivity index (χ2v) is 12.5. The first-order valence-corrected chi connectivity index (χ1v) is 12.8. The van der Waals surface area contributed by atoms with E-state index in [1.165, 1.54) is 38.5 Å². The molecule has 0 aromatic rings. The molecule has 2 N–H and O–H groups in total. The van der Waals surface area contributed by atoms with Crippen LogP contribution in [0, 0.1) is 23.2 Å². The van der Waals surface area contributed by atoms with Crippen molar-refractivity contribution in [3.05, 3.63) is 0 Å². The van der Waals surface area contributed by atoms with Crippen LogP contribution in [0.25, 0.3) is 0 Å². The zero-order valence-electron chi connectivity index (χ0n) is 22.6. The summed E-state index contributed by atoms with van der Waals surface area (Å²) in [5, 5.41) is 28.8. The van der Waals surface area contributed by atoms with Crippen LogP contribution in [-0.2, 0) is 4.79 Å². The van der Waals surface area contributed by atoms with Crippen molar-refractivity contribution in [3.63, 3.8) is 0 Å². The average molecular weight is 585 g/mol. The molecular formula is C26H53IN2O4. The number of nitrogens with zero attached hydrogens (tertiary/aromatic N) is 2. The molecule has 4 saturated carbocycles. The first-order chi connectivity index (χ1) is 14.6. The van der Waals surface area contributed by atoms with Crippen molar-refractivity contribution in [2.24, 2.45) is 23.2 Å². The van der Waals surface area contributed by atoms with Crippen molar-refractivity contribution in [2.75, 3.05) is 54.4 Å². The van der Waals surface area contributed by atoms with Gasteiger partial charge < -0.3 is 53.1 Å². The molecule has 0 aromatic heterocycles. The minimum Gasteiger partial charge on any atom is -1.00 e. The highest BCUT2D eigenvalue weighted by Gasteiger charge is 2.50. The Morgan fingerprint density at radius 1 is 0.848 bits per heavy atom. The van der Waals surface area contributed by atoms with Gasteiger partial charge in [0.25, 0.3) is 0 Å². The quantitative estimate of drug-likeness (QED) is 0.292. The molecule has 4 rings (SSSR count). The van der Waals surface area contributed by atoms with E-state index in [1.807, 2.05) is 13.8 Å². The number of carbonyl (C=O) groups is 1. The smallest absolute Gasteiger partial charge is 0.104 e. The number of likely N-dealkylation sites (N-methyl/N-ethyl adjacent to an activating group) is 2. The standard InChI is InChI=1S/C12H18O2.2C7H18NO.HI/c13-11(14)7-12-4-8-1-9(5-12)3-10(2-8)6-12;2*1-5-8(3,4)6-7(2)9;/h8-10H,1-7H2,(H,13,14);2*7,9H,5-6H2,1-4H3;1H/q;2*+1;/p-2. The van der Waals surface area contributed by atoms with E-state index in [9.17, 15) is 9.90 Å². The normalized spacial score (nSPS) is 29.6. The highest BCUT2D eigenvalue weighted by molar-refractivity contribution is 5.65. The lowest BCUT2D eigenvalue weighted by molar-refractivity contribution is -0.891. The summed E-state index contributed by atoms with van der Waals surface area (Å²) in [5.74, 6) is 1.72. The Morgan fingerprint density at radius 2 is 1.15 bits per heavy atom. The Hall–Kier alpha value is 0.0400. The third-order valence-corrected chi connectivity index (χ3v) is 7.91. The highest BCUT2D eigenvalue weighted by Crippen LogP contribution is 2.61. The number of aliphatic carboxylic acids is 1. The second-order valence-electron chi connectivity index (χ2n) is 12.5. The number of carboxylic acids is 1. The summed E-state index contributed by atoms with van der Waals surface area (Å²) in [5.41, 5.74) is 0.160. The van der Waals surface area contributed by atoms with E-state index in [0.29, 0.717) is 6.42 Å². The number of hydrogen-bond donors (Lipinski definition) is 2. The number of carbonyl (C=O) groups excluding carboxylic acids is 1. The minimum atomic E-state index is -0.827. The average Bonchev–Trinajstić information content (AvgIpc) is 2.58. The second kappa shape index (κ2) is 14.0. The van der Waals surface area contributed by atoms with Gasteiger partial charge in [0, 0.05) is 5.97 Å². The molecule has 4 aliphatic rings. The van der Waals surface area contributed by atoms with E-state index in [0.717, 1.165) is 52.9 Å². The summed E-state index contributed by atoms with van der Waals surface area (Å²) >= 11 is 0. The van der Waals surface area contributed by atoms with Crippen LogP contribution in [0.2, 0.25) is 0 Å². The first kappa shape index (κ1) is 33.0. The maximum atomic E-state index is 10.8. The van der Waals surface area contributed by atoms with Gasteiger partial charge >= 0.3 is 0 Å². The Balaban J connectivity index is 0.000000483. The van der Waals surface area contributed by atoms with Crippen LogP contribution in [-0.4, -0.2) is 91.7 Å². The summed E-state index contributed by atoms with van der Waals surface area (Å²) in [6.07, 6.45) is 7.63. The van der Waals surface area contributed by atoms with Gasteiger partial charge in [0.15, 0.2) is 0 Å². The molecule has 198 valence electrons. The summed E-state index contributed by atoms with van der Waals surface area (Å²) in [4.78, 5) is 10.8. The van der Waals surface area contributed by atoms with E-state index < -0.39 is 5.97 Å². The number of rotatable bonds is 8. The molecule has 4 fully saturated rings. The number of aliphatic hydroxyl groups excluding tert-OH is 2. The number of hydrogen-bond acceptors (Lipinski definition) is 4. The molecule has 0 saturated heterocycles. The Bertz CT molecular complexity index is 521. The predicted octanol–water partition coefficient (Wildman–Crippen LogP) is -0.726. The topological polar surface area (TPSA) is 80.6 Å². The fraction of sp³-hybridized carbons (Fsp3) is 0.962. The SMILES string of the molecule is CC[N+](C)(C)CC(C)O.CC[N+](C)(C)CC(C)O.O=C([O-])CC12CC3CC(CC(C3)C1)C2.[I-]. The van der Waals surface area contributed by atoms with E-state index in [4.69, 9.17) is 10.2 Å². The van der Waals surface area contributed by atoms with Crippen LogP contribution in [0.5, 0.6) is 0 Å². The van der Waals surface area contributed by atoms with E-state index >= 15 is 0 Å². The maximum Gasteiger partial charge on any atom is 0.104 e. The molecule has 2 atom stereocenters. The van der Waals surface area contributed by atoms with Gasteiger partial charge in [0.1, 0.15) is 25.3 Å². The van der Waals surface area contributed by atoms with E-state index in [2.05, 4.69) is 42.0 Å². The van der Waals surface area contributed by atoms with Gasteiger partial charge in [-0.25, -0.2) is 0 Å². The van der Waals surface area contributed by atoms with Crippen molar-refractivity contribution in [3.8, 4) is 0 Å². The molecule has 7 heteroatoms. The molecule has 0 aromatic carbocycles. The number of aliphatic hydroxyl groups is 2. The molecule has 0 amide bonds. The van der Waals surface area contributed by atoms with Crippen molar-refractivity contribution in [1.29, 1.82) is 0 Å². The monoisotopic (exact) mass is 584 g/mol. The van der Waals surface area contributed by atoms with Crippen LogP contribution in [0.4, 0.5) is 0 Å². The number of quaternary nitrogens is 2. The zero-order valence-corrected chi connectivity index (χ0v) is 24.8. The van der Waals surface area contributed by atoms with Gasteiger partial charge in [0.2, 0.25) is 0 Å². The summed E-state index contributed by atoms with van der Waals surface area (Å²) in [6, 6.07) is 0. The van der Waals surface area contributed by atoms with Crippen LogP contribution in [0.1, 0.15) is 72.6 Å². The van der Waals surface area contributed by atoms with Crippen LogP contribution < -0.4 is 29.1 Å². The predicted molar refractivity (Wildman–Crippen MR) is 129 cm³/mol. The molecule has 4 aliphatic carbocycles. The van der Waals surface area contributed by atoms with Gasteiger partial charge in [-0.05, 0) is 95.8 Å². The minimum absolute atomic E-state index is 0. The fourth-order valence-corrected chi connectivity index (χ4v) is 6.50. The van der Waals surface area contributed by atoms with Gasteiger partial charge in [-0.1, -0.05) is 0 Å². The van der Waals surface area contributed by atoms with E-state index in [-0.39, 0.29) is 41.6 Å². The van der Waals surface area contributed by atoms with Gasteiger partial charge in [-0.2, -0.15) is 0 Å². The molecule has 0 aliphatic heterocycles. The molecule has 4 bridgehead atoms. The third kappa shape index (κ3) is 12.5. The molecule has 2 unspecified atom stereocenters. The molecular weight excluding hydrogens is 531 g/mol. The largest absolute Gasteiger partial charge is 1.00 e. The first-order valence-electron chi connectivity index (χ1n) is 12.8. The zero-order chi connectivity index (χ0) is 24.7. The summed E-state index contributed by atoms with van der Waals surface area (Å²) in [6.45, 7) is 11.7. The highest BCUT2D eigenvalue weighted by atomic mass is 127. The lowest BCUT2D eigenvalue weighted by atomic mass is 9.49. The molecule has 6 nitrogen and oxygen atoms in total. The van der Waals surface area contributed by atoms with Gasteiger partial charge in [-0.3, -0.25) is 0 Å². The van der Waals surface area contributed by atoms with Crippen molar-refractivity contribution >= 4 is 5.97 Å². The van der Waals surface area contributed by atoms with Gasteiger partial charge in [0.05, 0.1) is 41.3 Å². The summed E-state index contributed by atoms with van der Waals surface area (Å²) < 4.78 is 1.80. The number of carboxylic acid groups (broad SMARTS) is 1. The van der Waals surface area contributed by atoms with Gasteiger partial charge in [-0.15, -0.1) is 0 Å². The van der Waals surface area contributed by atoms with Crippen LogP contribution >= 0.6 is 0 Å². The van der Waals surface area contributed by atoms with Crippen molar-refractivity contribution < 1.29 is 53.1 Å². The lowest BCUT2D eigenvalue weighted by Crippen LogP contribution is -3.00. The Morgan fingerprint density at radius 3 is 1.33 bits per heavy atom. The molecule has 33 heavy (non-hydrogen) atoms.